The smallest absolute Gasteiger partial charge is 0.352 e. The Morgan fingerprint density at radius 3 is 2.56 bits per heavy atom. The van der Waals surface area contributed by atoms with Gasteiger partial charge in [0.15, 0.2) is 0 Å². The molecule has 1 aromatic heterocycles. The van der Waals surface area contributed by atoms with Crippen molar-refractivity contribution in [1.29, 1.82) is 0 Å². The van der Waals surface area contributed by atoms with Gasteiger partial charge in [-0.15, -0.1) is 11.8 Å². The van der Waals surface area contributed by atoms with Crippen molar-refractivity contribution in [1.82, 2.24) is 4.98 Å². The molecule has 0 bridgehead atoms. The predicted molar refractivity (Wildman–Crippen MR) is 106 cm³/mol. The molecule has 6 nitrogen and oxygen atoms in total. The number of hydrogen-bond acceptors (Lipinski definition) is 5. The van der Waals surface area contributed by atoms with Crippen molar-refractivity contribution in [3.05, 3.63) is 48.2 Å². The highest BCUT2D eigenvalue weighted by atomic mass is 32.2. The Hall–Kier alpha value is -2.64. The summed E-state index contributed by atoms with van der Waals surface area (Å²) in [7, 11) is 1.60. The summed E-state index contributed by atoms with van der Waals surface area (Å²) in [5, 5.41) is 9.97. The summed E-state index contributed by atoms with van der Waals surface area (Å²) in [6, 6.07) is 12.8. The lowest BCUT2D eigenvalue weighted by Crippen LogP contribution is -2.18. The van der Waals surface area contributed by atoms with Crippen LogP contribution in [0.4, 0.5) is 0 Å². The number of carboxylic acids is 1. The Morgan fingerprint density at radius 1 is 1.19 bits per heavy atom. The lowest BCUT2D eigenvalue weighted by molar-refractivity contribution is 0.0691. The van der Waals surface area contributed by atoms with E-state index < -0.39 is 5.97 Å². The van der Waals surface area contributed by atoms with E-state index in [4.69, 9.17) is 14.2 Å². The Kier molecular flexibility index (Phi) is 5.93. The first-order valence-corrected chi connectivity index (χ1v) is 9.60. The number of hydrogen-bond donors (Lipinski definition) is 2. The molecule has 0 aliphatic heterocycles. The fourth-order valence-electron chi connectivity index (χ4n) is 2.72. The molecule has 3 aromatic rings. The van der Waals surface area contributed by atoms with Gasteiger partial charge in [0.1, 0.15) is 29.0 Å². The summed E-state index contributed by atoms with van der Waals surface area (Å²) < 4.78 is 17.0. The van der Waals surface area contributed by atoms with Gasteiger partial charge < -0.3 is 24.3 Å². The summed E-state index contributed by atoms with van der Waals surface area (Å²) in [5.74, 6) is 0.740. The molecule has 2 N–H and O–H groups in total. The van der Waals surface area contributed by atoms with Gasteiger partial charge >= 0.3 is 5.97 Å². The molecule has 0 saturated heterocycles. The first-order chi connectivity index (χ1) is 13.0. The van der Waals surface area contributed by atoms with Crippen molar-refractivity contribution < 1.29 is 24.1 Å². The first kappa shape index (κ1) is 19.1. The maximum atomic E-state index is 11.3. The second-order valence-electron chi connectivity index (χ2n) is 6.04. The molecular formula is C20H21NO5S. The van der Waals surface area contributed by atoms with Crippen molar-refractivity contribution in [2.75, 3.05) is 20.0 Å². The highest BCUT2D eigenvalue weighted by Gasteiger charge is 2.15. The van der Waals surface area contributed by atoms with E-state index in [1.54, 1.807) is 37.1 Å². The number of ether oxygens (including phenoxy) is 3. The SMILES string of the molecule is COCC(C)Oc1cc(Oc2ccc(SC)cc2)cc2cc(C(=O)O)[nH]c12. The first-order valence-electron chi connectivity index (χ1n) is 8.37. The van der Waals surface area contributed by atoms with E-state index in [9.17, 15) is 9.90 Å². The number of aromatic carboxylic acids is 1. The lowest BCUT2D eigenvalue weighted by Gasteiger charge is -2.16. The van der Waals surface area contributed by atoms with Crippen LogP contribution in [0.5, 0.6) is 17.2 Å². The third kappa shape index (κ3) is 4.56. The molecule has 1 heterocycles. The van der Waals surface area contributed by atoms with Gasteiger partial charge in [-0.1, -0.05) is 0 Å². The van der Waals surface area contributed by atoms with E-state index in [0.717, 1.165) is 4.90 Å². The van der Waals surface area contributed by atoms with Crippen molar-refractivity contribution >= 4 is 28.6 Å². The van der Waals surface area contributed by atoms with Gasteiger partial charge in [0.2, 0.25) is 0 Å². The maximum Gasteiger partial charge on any atom is 0.352 e. The molecule has 0 spiro atoms. The minimum absolute atomic E-state index is 0.0933. The number of nitrogens with one attached hydrogen (secondary N) is 1. The molecule has 1 unspecified atom stereocenters. The van der Waals surface area contributed by atoms with Crippen LogP contribution in [-0.2, 0) is 4.74 Å². The average Bonchev–Trinajstić information content (AvgIpc) is 3.07. The van der Waals surface area contributed by atoms with Crippen molar-refractivity contribution in [3.8, 4) is 17.2 Å². The third-order valence-corrected chi connectivity index (χ3v) is 4.66. The van der Waals surface area contributed by atoms with Crippen LogP contribution >= 0.6 is 11.8 Å². The standard InChI is InChI=1S/C20H21NO5S/c1-12(11-24-2)25-18-10-15(26-14-4-6-16(27-3)7-5-14)8-13-9-17(20(22)23)21-19(13)18/h4-10,12,21H,11H2,1-3H3,(H,22,23). The van der Waals surface area contributed by atoms with Gasteiger partial charge in [-0.05, 0) is 49.6 Å². The van der Waals surface area contributed by atoms with Crippen molar-refractivity contribution in [2.24, 2.45) is 0 Å². The highest BCUT2D eigenvalue weighted by Crippen LogP contribution is 2.34. The summed E-state index contributed by atoms with van der Waals surface area (Å²) in [6.07, 6.45) is 1.81. The molecule has 142 valence electrons. The van der Waals surface area contributed by atoms with Crippen LogP contribution in [0, 0.1) is 0 Å². The fourth-order valence-corrected chi connectivity index (χ4v) is 3.13. The number of thioether (sulfide) groups is 1. The minimum Gasteiger partial charge on any atom is -0.486 e. The second-order valence-corrected chi connectivity index (χ2v) is 6.91. The number of carboxylic acid groups (broad SMARTS) is 1. The van der Waals surface area contributed by atoms with Crippen molar-refractivity contribution in [3.63, 3.8) is 0 Å². The number of benzene rings is 2. The Bertz CT molecular complexity index is 935. The largest absolute Gasteiger partial charge is 0.486 e. The van der Waals surface area contributed by atoms with Gasteiger partial charge in [-0.3, -0.25) is 0 Å². The Labute approximate surface area is 161 Å². The van der Waals surface area contributed by atoms with E-state index in [-0.39, 0.29) is 11.8 Å². The quantitative estimate of drug-likeness (QED) is 0.541. The summed E-state index contributed by atoms with van der Waals surface area (Å²) in [5.41, 5.74) is 0.705. The zero-order valence-corrected chi connectivity index (χ0v) is 16.1. The molecule has 7 heteroatoms. The van der Waals surface area contributed by atoms with E-state index in [1.807, 2.05) is 37.4 Å². The third-order valence-electron chi connectivity index (χ3n) is 3.92. The number of aromatic nitrogens is 1. The van der Waals surface area contributed by atoms with Crippen LogP contribution in [0.15, 0.2) is 47.4 Å². The van der Waals surface area contributed by atoms with E-state index in [0.29, 0.717) is 34.8 Å². The molecule has 0 amide bonds. The maximum absolute atomic E-state index is 11.3. The van der Waals surface area contributed by atoms with Gasteiger partial charge in [0, 0.05) is 23.5 Å². The molecule has 0 aliphatic rings. The zero-order valence-electron chi connectivity index (χ0n) is 15.3. The van der Waals surface area contributed by atoms with Crippen LogP contribution < -0.4 is 9.47 Å². The molecule has 0 saturated carbocycles. The minimum atomic E-state index is -1.03. The van der Waals surface area contributed by atoms with Crippen LogP contribution in [0.3, 0.4) is 0 Å². The number of methoxy groups -OCH3 is 1. The van der Waals surface area contributed by atoms with Gasteiger partial charge in [0.25, 0.3) is 0 Å². The zero-order chi connectivity index (χ0) is 19.4. The molecule has 2 aromatic carbocycles. The Morgan fingerprint density at radius 2 is 1.93 bits per heavy atom. The monoisotopic (exact) mass is 387 g/mol. The van der Waals surface area contributed by atoms with Gasteiger partial charge in [0.05, 0.1) is 12.1 Å². The number of carbonyl (C=O) groups is 1. The van der Waals surface area contributed by atoms with Crippen LogP contribution in [-0.4, -0.2) is 42.1 Å². The molecule has 0 radical (unpaired) electrons. The van der Waals surface area contributed by atoms with Crippen LogP contribution in [0.2, 0.25) is 0 Å². The van der Waals surface area contributed by atoms with Crippen LogP contribution in [0.25, 0.3) is 10.9 Å². The number of H-pyrrole nitrogens is 1. The van der Waals surface area contributed by atoms with Gasteiger partial charge in [-0.2, -0.15) is 0 Å². The average molecular weight is 387 g/mol. The summed E-state index contributed by atoms with van der Waals surface area (Å²) in [6.45, 7) is 2.29. The van der Waals surface area contributed by atoms with Crippen LogP contribution in [0.1, 0.15) is 17.4 Å². The van der Waals surface area contributed by atoms with E-state index >= 15 is 0 Å². The number of aromatic amines is 1. The Balaban J connectivity index is 1.97. The normalized spacial score (nSPS) is 12.1. The number of fused-ring (bicyclic) bond motifs is 1. The summed E-state index contributed by atoms with van der Waals surface area (Å²) >= 11 is 1.66. The van der Waals surface area contributed by atoms with Gasteiger partial charge in [-0.25, -0.2) is 4.79 Å². The highest BCUT2D eigenvalue weighted by molar-refractivity contribution is 7.98. The molecular weight excluding hydrogens is 366 g/mol. The second kappa shape index (κ2) is 8.37. The molecule has 27 heavy (non-hydrogen) atoms. The number of rotatable bonds is 8. The topological polar surface area (TPSA) is 80.8 Å². The molecule has 3 rings (SSSR count). The predicted octanol–water partition coefficient (Wildman–Crippen LogP) is 4.79. The fraction of sp³-hybridized carbons (Fsp3) is 0.250. The summed E-state index contributed by atoms with van der Waals surface area (Å²) in [4.78, 5) is 15.4. The lowest BCUT2D eigenvalue weighted by atomic mass is 10.2. The van der Waals surface area contributed by atoms with E-state index in [1.165, 1.54) is 0 Å². The van der Waals surface area contributed by atoms with Crippen molar-refractivity contribution in [2.45, 2.75) is 17.9 Å². The molecule has 0 fully saturated rings. The molecule has 0 aliphatic carbocycles. The molecule has 1 atom stereocenters. The van der Waals surface area contributed by atoms with E-state index in [2.05, 4.69) is 4.98 Å².